The summed E-state index contributed by atoms with van der Waals surface area (Å²) >= 11 is 5.09. The van der Waals surface area contributed by atoms with E-state index in [4.69, 9.17) is 12.2 Å². The fourth-order valence-corrected chi connectivity index (χ4v) is 2.66. The average molecular weight is 366 g/mol. The minimum atomic E-state index is -1.20. The van der Waals surface area contributed by atoms with Gasteiger partial charge in [-0.2, -0.15) is 5.10 Å². The van der Waals surface area contributed by atoms with Gasteiger partial charge < -0.3 is 5.32 Å². The molecule has 1 fully saturated rings. The van der Waals surface area contributed by atoms with Crippen LogP contribution >= 0.6 is 12.2 Å². The predicted octanol–water partition coefficient (Wildman–Crippen LogP) is 1.47. The number of hydrogen-bond acceptors (Lipinski definition) is 5. The SMILES string of the molecule is O=C(N/N=C\[C@H]1C(=O)NC(=S)N(c2ccccc2)C1=O)c1ccccc1. The largest absolute Gasteiger partial charge is 0.301 e. The lowest BCUT2D eigenvalue weighted by molar-refractivity contribution is -0.130. The van der Waals surface area contributed by atoms with Gasteiger partial charge in [0, 0.05) is 11.8 Å². The summed E-state index contributed by atoms with van der Waals surface area (Å²) in [5, 5.41) is 6.22. The zero-order valence-electron chi connectivity index (χ0n) is 13.5. The Labute approximate surface area is 154 Å². The Balaban J connectivity index is 1.74. The van der Waals surface area contributed by atoms with Crippen LogP contribution < -0.4 is 15.6 Å². The number of nitrogens with zero attached hydrogens (tertiary/aromatic N) is 2. The van der Waals surface area contributed by atoms with E-state index in [-0.39, 0.29) is 5.11 Å². The zero-order chi connectivity index (χ0) is 18.5. The second-order valence-corrected chi connectivity index (χ2v) is 5.75. The average Bonchev–Trinajstić information content (AvgIpc) is 2.65. The van der Waals surface area contributed by atoms with Crippen molar-refractivity contribution in [1.82, 2.24) is 10.7 Å². The number of hydrazone groups is 1. The molecule has 130 valence electrons. The molecule has 1 aliphatic heterocycles. The van der Waals surface area contributed by atoms with Crippen LogP contribution in [0.15, 0.2) is 65.8 Å². The maximum atomic E-state index is 12.7. The van der Waals surface area contributed by atoms with E-state index in [0.717, 1.165) is 6.21 Å². The second kappa shape index (κ2) is 7.66. The maximum Gasteiger partial charge on any atom is 0.271 e. The molecule has 0 unspecified atom stereocenters. The number of carbonyl (C=O) groups is 3. The van der Waals surface area contributed by atoms with Gasteiger partial charge >= 0.3 is 0 Å². The van der Waals surface area contributed by atoms with Crippen LogP contribution in [0.5, 0.6) is 0 Å². The Morgan fingerprint density at radius 2 is 1.69 bits per heavy atom. The molecule has 3 rings (SSSR count). The fourth-order valence-electron chi connectivity index (χ4n) is 2.37. The van der Waals surface area contributed by atoms with Gasteiger partial charge in [0.2, 0.25) is 5.91 Å². The molecular formula is C18H14N4O3S. The van der Waals surface area contributed by atoms with Crippen molar-refractivity contribution in [2.24, 2.45) is 11.0 Å². The van der Waals surface area contributed by atoms with Gasteiger partial charge in [-0.15, -0.1) is 0 Å². The van der Waals surface area contributed by atoms with Gasteiger partial charge in [-0.1, -0.05) is 36.4 Å². The highest BCUT2D eigenvalue weighted by Crippen LogP contribution is 2.19. The van der Waals surface area contributed by atoms with Gasteiger partial charge in [-0.3, -0.25) is 19.3 Å². The number of benzene rings is 2. The number of nitrogens with one attached hydrogen (secondary N) is 2. The van der Waals surface area contributed by atoms with Crippen molar-refractivity contribution in [3.63, 3.8) is 0 Å². The lowest BCUT2D eigenvalue weighted by Gasteiger charge is -2.30. The Bertz CT molecular complexity index is 884. The van der Waals surface area contributed by atoms with Crippen LogP contribution in [0.4, 0.5) is 5.69 Å². The molecule has 2 aromatic rings. The van der Waals surface area contributed by atoms with E-state index in [1.807, 2.05) is 0 Å². The molecule has 2 N–H and O–H groups in total. The summed E-state index contributed by atoms with van der Waals surface area (Å²) in [5.41, 5.74) is 3.25. The molecule has 1 heterocycles. The van der Waals surface area contributed by atoms with E-state index < -0.39 is 23.6 Å². The van der Waals surface area contributed by atoms with E-state index in [9.17, 15) is 14.4 Å². The van der Waals surface area contributed by atoms with Gasteiger partial charge in [0.1, 0.15) is 0 Å². The predicted molar refractivity (Wildman–Crippen MR) is 101 cm³/mol. The summed E-state index contributed by atoms with van der Waals surface area (Å²) in [6, 6.07) is 17.2. The van der Waals surface area contributed by atoms with E-state index in [1.54, 1.807) is 60.7 Å². The van der Waals surface area contributed by atoms with Crippen molar-refractivity contribution >= 4 is 47.0 Å². The highest BCUT2D eigenvalue weighted by atomic mass is 32.1. The number of hydrogen-bond donors (Lipinski definition) is 2. The van der Waals surface area contributed by atoms with Crippen molar-refractivity contribution in [2.75, 3.05) is 4.90 Å². The Morgan fingerprint density at radius 1 is 1.08 bits per heavy atom. The van der Waals surface area contributed by atoms with Crippen molar-refractivity contribution < 1.29 is 14.4 Å². The van der Waals surface area contributed by atoms with Gasteiger partial charge in [-0.05, 0) is 36.5 Å². The highest BCUT2D eigenvalue weighted by Gasteiger charge is 2.38. The number of amides is 3. The Kier molecular flexibility index (Phi) is 5.14. The molecule has 7 nitrogen and oxygen atoms in total. The lowest BCUT2D eigenvalue weighted by Crippen LogP contribution is -2.58. The smallest absolute Gasteiger partial charge is 0.271 e. The summed E-state index contributed by atoms with van der Waals surface area (Å²) in [6.45, 7) is 0. The molecule has 26 heavy (non-hydrogen) atoms. The van der Waals surface area contributed by atoms with Crippen molar-refractivity contribution in [2.45, 2.75) is 0 Å². The molecule has 0 spiro atoms. The molecule has 1 aliphatic rings. The molecule has 0 aliphatic carbocycles. The van der Waals surface area contributed by atoms with Gasteiger partial charge in [0.15, 0.2) is 11.0 Å². The fraction of sp³-hybridized carbons (Fsp3) is 0.0556. The quantitative estimate of drug-likeness (QED) is 0.371. The van der Waals surface area contributed by atoms with Crippen molar-refractivity contribution in [3.8, 4) is 0 Å². The van der Waals surface area contributed by atoms with Crippen LogP contribution in [0, 0.1) is 5.92 Å². The second-order valence-electron chi connectivity index (χ2n) is 5.37. The summed E-state index contributed by atoms with van der Waals surface area (Å²) < 4.78 is 0. The third-order valence-electron chi connectivity index (χ3n) is 3.64. The van der Waals surface area contributed by atoms with Gasteiger partial charge in [0.25, 0.3) is 11.8 Å². The molecule has 1 atom stereocenters. The molecule has 2 aromatic carbocycles. The van der Waals surface area contributed by atoms with Crippen LogP contribution in [-0.4, -0.2) is 29.0 Å². The molecule has 0 saturated carbocycles. The number of para-hydroxylation sites is 1. The Hall–Kier alpha value is -3.39. The number of anilines is 1. The van der Waals surface area contributed by atoms with Crippen LogP contribution in [-0.2, 0) is 9.59 Å². The molecule has 0 bridgehead atoms. The van der Waals surface area contributed by atoms with E-state index in [2.05, 4.69) is 15.8 Å². The minimum absolute atomic E-state index is 0.00386. The summed E-state index contributed by atoms with van der Waals surface area (Å²) in [5.74, 6) is -2.77. The lowest BCUT2D eigenvalue weighted by atomic mass is 10.1. The van der Waals surface area contributed by atoms with E-state index >= 15 is 0 Å². The molecule has 0 aromatic heterocycles. The molecule has 8 heteroatoms. The number of carbonyl (C=O) groups excluding carboxylic acids is 3. The van der Waals surface area contributed by atoms with Crippen LogP contribution in [0.25, 0.3) is 0 Å². The Morgan fingerprint density at radius 3 is 2.35 bits per heavy atom. The first-order valence-corrected chi connectivity index (χ1v) is 8.11. The van der Waals surface area contributed by atoms with Gasteiger partial charge in [-0.25, -0.2) is 5.43 Å². The maximum absolute atomic E-state index is 12.7. The van der Waals surface area contributed by atoms with Gasteiger partial charge in [0.05, 0.1) is 5.69 Å². The third-order valence-corrected chi connectivity index (χ3v) is 3.93. The third kappa shape index (κ3) is 3.65. The minimum Gasteiger partial charge on any atom is -0.301 e. The molecular weight excluding hydrogens is 352 g/mol. The molecule has 3 amide bonds. The normalized spacial score (nSPS) is 17.3. The van der Waals surface area contributed by atoms with E-state index in [1.165, 1.54) is 4.90 Å². The highest BCUT2D eigenvalue weighted by molar-refractivity contribution is 7.80. The van der Waals surface area contributed by atoms with Crippen LogP contribution in [0.2, 0.25) is 0 Å². The van der Waals surface area contributed by atoms with Crippen LogP contribution in [0.3, 0.4) is 0 Å². The van der Waals surface area contributed by atoms with Crippen molar-refractivity contribution in [3.05, 3.63) is 66.2 Å². The summed E-state index contributed by atoms with van der Waals surface area (Å²) in [7, 11) is 0. The molecule has 0 radical (unpaired) electrons. The summed E-state index contributed by atoms with van der Waals surface area (Å²) in [4.78, 5) is 37.9. The van der Waals surface area contributed by atoms with E-state index in [0.29, 0.717) is 11.3 Å². The zero-order valence-corrected chi connectivity index (χ0v) is 14.3. The number of thiocarbonyl (C=S) groups is 1. The van der Waals surface area contributed by atoms with Crippen molar-refractivity contribution in [1.29, 1.82) is 0 Å². The first-order valence-electron chi connectivity index (χ1n) is 7.70. The first-order chi connectivity index (χ1) is 12.6. The number of rotatable bonds is 4. The monoisotopic (exact) mass is 366 g/mol. The summed E-state index contributed by atoms with van der Waals surface area (Å²) in [6.07, 6.45) is 1.09. The standard InChI is InChI=1S/C18H14N4O3S/c23-15(12-7-3-1-4-8-12)21-19-11-14-16(24)20-18(26)22(17(14)25)13-9-5-2-6-10-13/h1-11,14H,(H,21,23)(H,20,24,26)/b19-11-/t14-/m0/s1. The molecule has 1 saturated heterocycles. The first kappa shape index (κ1) is 17.4. The van der Waals surface area contributed by atoms with Crippen LogP contribution in [0.1, 0.15) is 10.4 Å². The topological polar surface area (TPSA) is 90.9 Å².